The molecule has 0 saturated heterocycles. The van der Waals surface area contributed by atoms with E-state index < -0.39 is 0 Å². The Morgan fingerprint density at radius 2 is 0.778 bits per heavy atom. The van der Waals surface area contributed by atoms with Gasteiger partial charge in [-0.25, -0.2) is 0 Å². The molecule has 0 aliphatic carbocycles. The second-order valence-electron chi connectivity index (χ2n) is 8.58. The lowest BCUT2D eigenvalue weighted by atomic mass is 10.0. The summed E-state index contributed by atoms with van der Waals surface area (Å²) in [5, 5.41) is 18.6. The summed E-state index contributed by atoms with van der Waals surface area (Å²) in [6.07, 6.45) is 22.4. The molecule has 3 heteroatoms. The van der Waals surface area contributed by atoms with E-state index in [-0.39, 0.29) is 13.2 Å². The fourth-order valence-corrected chi connectivity index (χ4v) is 4.23. The van der Waals surface area contributed by atoms with Crippen molar-refractivity contribution in [2.24, 2.45) is 0 Å². The van der Waals surface area contributed by atoms with Crippen molar-refractivity contribution in [2.75, 3.05) is 39.4 Å². The number of aliphatic hydroxyl groups excluding tert-OH is 2. The fourth-order valence-electron chi connectivity index (χ4n) is 4.23. The van der Waals surface area contributed by atoms with Crippen molar-refractivity contribution >= 4 is 0 Å². The van der Waals surface area contributed by atoms with Gasteiger partial charge in [0, 0.05) is 0 Å². The van der Waals surface area contributed by atoms with Gasteiger partial charge in [-0.2, -0.15) is 0 Å². The molecule has 0 aliphatic rings. The van der Waals surface area contributed by atoms with Gasteiger partial charge in [-0.15, -0.1) is 0 Å². The van der Waals surface area contributed by atoms with Gasteiger partial charge in [0.2, 0.25) is 0 Å². The van der Waals surface area contributed by atoms with Crippen molar-refractivity contribution < 1.29 is 14.7 Å². The Kier molecular flexibility index (Phi) is 20.5. The number of hydrogen-bond acceptors (Lipinski definition) is 2. The molecule has 0 bridgehead atoms. The Balaban J connectivity index is 3.37. The van der Waals surface area contributed by atoms with E-state index in [1.807, 2.05) is 0 Å². The average molecular weight is 387 g/mol. The second kappa shape index (κ2) is 20.6. The van der Waals surface area contributed by atoms with Crippen molar-refractivity contribution in [3.63, 3.8) is 0 Å². The molecular formula is C24H52NO2+. The van der Waals surface area contributed by atoms with Crippen molar-refractivity contribution in [3.8, 4) is 0 Å². The van der Waals surface area contributed by atoms with Gasteiger partial charge in [-0.05, 0) is 19.8 Å². The van der Waals surface area contributed by atoms with Gasteiger partial charge >= 0.3 is 0 Å². The largest absolute Gasteiger partial charge is 0.391 e. The minimum atomic E-state index is 0.229. The summed E-state index contributed by atoms with van der Waals surface area (Å²) in [7, 11) is 0. The minimum Gasteiger partial charge on any atom is -0.391 e. The van der Waals surface area contributed by atoms with E-state index in [1.54, 1.807) is 0 Å². The summed E-state index contributed by atoms with van der Waals surface area (Å²) in [6, 6.07) is 0. The highest BCUT2D eigenvalue weighted by Crippen LogP contribution is 2.15. The second-order valence-corrected chi connectivity index (χ2v) is 8.58. The van der Waals surface area contributed by atoms with Crippen LogP contribution in [-0.4, -0.2) is 54.1 Å². The summed E-state index contributed by atoms with van der Waals surface area (Å²) in [4.78, 5) is 0. The lowest BCUT2D eigenvalue weighted by molar-refractivity contribution is -0.927. The van der Waals surface area contributed by atoms with E-state index >= 15 is 0 Å². The number of quaternary nitrogens is 1. The minimum absolute atomic E-state index is 0.229. The van der Waals surface area contributed by atoms with Gasteiger partial charge < -0.3 is 14.7 Å². The van der Waals surface area contributed by atoms with Gasteiger partial charge in [-0.3, -0.25) is 0 Å². The summed E-state index contributed by atoms with van der Waals surface area (Å²) < 4.78 is 0.881. The van der Waals surface area contributed by atoms with Crippen LogP contribution in [-0.2, 0) is 0 Å². The highest BCUT2D eigenvalue weighted by atomic mass is 16.3. The molecule has 2 N–H and O–H groups in total. The lowest BCUT2D eigenvalue weighted by Crippen LogP contribution is -2.52. The fraction of sp³-hybridized carbons (Fsp3) is 1.00. The smallest absolute Gasteiger partial charge is 0.102 e. The molecule has 0 atom stereocenters. The quantitative estimate of drug-likeness (QED) is 0.175. The zero-order chi connectivity index (χ0) is 20.1. The van der Waals surface area contributed by atoms with Crippen LogP contribution in [0.2, 0.25) is 0 Å². The molecule has 0 amide bonds. The summed E-state index contributed by atoms with van der Waals surface area (Å²) in [5.74, 6) is 0. The SMILES string of the molecule is CCCCCCCCCCCCCCCCCC[N+](CC)(CCO)CCO. The molecule has 0 aliphatic heterocycles. The molecule has 3 nitrogen and oxygen atoms in total. The van der Waals surface area contributed by atoms with Gasteiger partial charge in [-0.1, -0.05) is 96.8 Å². The molecule has 0 aromatic heterocycles. The van der Waals surface area contributed by atoms with Crippen molar-refractivity contribution in [2.45, 2.75) is 117 Å². The molecule has 0 unspecified atom stereocenters. The van der Waals surface area contributed by atoms with E-state index in [9.17, 15) is 10.2 Å². The first-order valence-corrected chi connectivity index (χ1v) is 12.3. The molecule has 0 radical (unpaired) electrons. The number of aliphatic hydroxyl groups is 2. The predicted octanol–water partition coefficient (Wildman–Crippen LogP) is 6.07. The van der Waals surface area contributed by atoms with Crippen LogP contribution in [0.1, 0.15) is 117 Å². The van der Waals surface area contributed by atoms with Crippen LogP contribution in [0.3, 0.4) is 0 Å². The van der Waals surface area contributed by atoms with Gasteiger partial charge in [0.25, 0.3) is 0 Å². The third-order valence-corrected chi connectivity index (χ3v) is 6.31. The van der Waals surface area contributed by atoms with E-state index in [1.165, 1.54) is 103 Å². The van der Waals surface area contributed by atoms with E-state index in [0.717, 1.165) is 30.7 Å². The monoisotopic (exact) mass is 386 g/mol. The number of hydrogen-bond donors (Lipinski definition) is 2. The Bertz CT molecular complexity index is 278. The molecule has 0 saturated carbocycles. The summed E-state index contributed by atoms with van der Waals surface area (Å²) >= 11 is 0. The maximum absolute atomic E-state index is 9.30. The van der Waals surface area contributed by atoms with Crippen molar-refractivity contribution in [1.29, 1.82) is 0 Å². The molecule has 164 valence electrons. The number of nitrogens with zero attached hydrogens (tertiary/aromatic N) is 1. The Labute approximate surface area is 171 Å². The number of unbranched alkanes of at least 4 members (excludes halogenated alkanes) is 15. The Hall–Kier alpha value is -0.120. The highest BCUT2D eigenvalue weighted by Gasteiger charge is 2.23. The molecule has 0 aromatic rings. The van der Waals surface area contributed by atoms with E-state index in [0.29, 0.717) is 0 Å². The summed E-state index contributed by atoms with van der Waals surface area (Å²) in [6.45, 7) is 8.62. The predicted molar refractivity (Wildman–Crippen MR) is 119 cm³/mol. The molecule has 0 fully saturated rings. The van der Waals surface area contributed by atoms with Gasteiger partial charge in [0.1, 0.15) is 13.1 Å². The maximum atomic E-state index is 9.30. The lowest BCUT2D eigenvalue weighted by Gasteiger charge is -2.37. The topological polar surface area (TPSA) is 40.5 Å². The normalized spacial score (nSPS) is 12.0. The van der Waals surface area contributed by atoms with Crippen LogP contribution in [0, 0.1) is 0 Å². The first kappa shape index (κ1) is 26.9. The van der Waals surface area contributed by atoms with Crippen LogP contribution in [0.4, 0.5) is 0 Å². The molecule has 0 rings (SSSR count). The molecule has 27 heavy (non-hydrogen) atoms. The zero-order valence-electron chi connectivity index (χ0n) is 18.9. The number of likely N-dealkylation sites (N-methyl/N-ethyl adjacent to an activating group) is 1. The van der Waals surface area contributed by atoms with Crippen LogP contribution in [0.25, 0.3) is 0 Å². The Morgan fingerprint density at radius 1 is 0.444 bits per heavy atom. The van der Waals surface area contributed by atoms with Crippen LogP contribution < -0.4 is 0 Å². The average Bonchev–Trinajstić information content (AvgIpc) is 2.68. The maximum Gasteiger partial charge on any atom is 0.102 e. The third-order valence-electron chi connectivity index (χ3n) is 6.31. The van der Waals surface area contributed by atoms with E-state index in [4.69, 9.17) is 0 Å². The third kappa shape index (κ3) is 16.5. The molecule has 0 aromatic carbocycles. The van der Waals surface area contributed by atoms with Crippen molar-refractivity contribution in [3.05, 3.63) is 0 Å². The van der Waals surface area contributed by atoms with Gasteiger partial charge in [0.15, 0.2) is 0 Å². The van der Waals surface area contributed by atoms with Gasteiger partial charge in [0.05, 0.1) is 26.3 Å². The first-order chi connectivity index (χ1) is 13.2. The Morgan fingerprint density at radius 3 is 1.07 bits per heavy atom. The van der Waals surface area contributed by atoms with Crippen molar-refractivity contribution in [1.82, 2.24) is 0 Å². The van der Waals surface area contributed by atoms with Crippen LogP contribution >= 0.6 is 0 Å². The molecule has 0 heterocycles. The molecule has 0 spiro atoms. The summed E-state index contributed by atoms with van der Waals surface area (Å²) in [5.41, 5.74) is 0. The standard InChI is InChI=1S/C24H52NO2/c1-3-5-6-7-8-9-10-11-12-13-14-15-16-17-18-19-20-25(4-2,21-23-26)22-24-27/h26-27H,3-24H2,1-2H3/q+1. The zero-order valence-corrected chi connectivity index (χ0v) is 18.9. The number of rotatable bonds is 22. The molecular weight excluding hydrogens is 334 g/mol. The highest BCUT2D eigenvalue weighted by molar-refractivity contribution is 4.51. The van der Waals surface area contributed by atoms with Crippen LogP contribution in [0.15, 0.2) is 0 Å². The van der Waals surface area contributed by atoms with Crippen LogP contribution in [0.5, 0.6) is 0 Å². The van der Waals surface area contributed by atoms with E-state index in [2.05, 4.69) is 13.8 Å². The first-order valence-electron chi connectivity index (χ1n) is 12.3.